The van der Waals surface area contributed by atoms with Crippen molar-refractivity contribution < 1.29 is 9.21 Å². The number of furan rings is 1. The van der Waals surface area contributed by atoms with E-state index in [9.17, 15) is 4.79 Å². The highest BCUT2D eigenvalue weighted by molar-refractivity contribution is 7.18. The summed E-state index contributed by atoms with van der Waals surface area (Å²) in [5, 5.41) is 4.06. The number of piperazine rings is 1. The lowest BCUT2D eigenvalue weighted by atomic mass is 10.3. The highest BCUT2D eigenvalue weighted by Crippen LogP contribution is 2.22. The number of aromatic nitrogens is 1. The summed E-state index contributed by atoms with van der Waals surface area (Å²) in [5.74, 6) is 0.819. The Morgan fingerprint density at radius 3 is 2.69 bits per heavy atom. The molecule has 6 nitrogen and oxygen atoms in total. The second kappa shape index (κ2) is 7.99. The number of benzene rings is 1. The number of hydrogen-bond acceptors (Lipinski definition) is 6. The van der Waals surface area contributed by atoms with Crippen LogP contribution < -0.4 is 5.32 Å². The standard InChI is InChI=1S/C19H22N4O2S/c24-18(20-12-15-4-3-11-25-15)13-22-7-9-23(10-8-22)14-19-21-16-5-1-2-6-17(16)26-19/h1-6,11H,7-10,12-14H2,(H,20,24). The lowest BCUT2D eigenvalue weighted by Crippen LogP contribution is -2.49. The van der Waals surface area contributed by atoms with E-state index in [2.05, 4.69) is 33.3 Å². The van der Waals surface area contributed by atoms with E-state index in [1.54, 1.807) is 17.6 Å². The molecule has 3 heterocycles. The van der Waals surface area contributed by atoms with Crippen molar-refractivity contribution in [1.82, 2.24) is 20.1 Å². The van der Waals surface area contributed by atoms with Crippen molar-refractivity contribution in [3.05, 3.63) is 53.4 Å². The zero-order chi connectivity index (χ0) is 17.8. The average molecular weight is 370 g/mol. The Bertz CT molecular complexity index is 820. The molecule has 0 bridgehead atoms. The third-order valence-electron chi connectivity index (χ3n) is 4.57. The quantitative estimate of drug-likeness (QED) is 0.722. The van der Waals surface area contributed by atoms with Crippen LogP contribution in [0.15, 0.2) is 47.1 Å². The molecule has 1 aromatic carbocycles. The molecular formula is C19H22N4O2S. The van der Waals surface area contributed by atoms with E-state index in [0.717, 1.165) is 49.0 Å². The summed E-state index contributed by atoms with van der Waals surface area (Å²) < 4.78 is 6.47. The smallest absolute Gasteiger partial charge is 0.234 e. The molecule has 1 aliphatic rings. The van der Waals surface area contributed by atoms with Crippen LogP contribution in [-0.4, -0.2) is 53.4 Å². The van der Waals surface area contributed by atoms with Gasteiger partial charge in [-0.05, 0) is 24.3 Å². The van der Waals surface area contributed by atoms with Crippen LogP contribution in [-0.2, 0) is 17.9 Å². The molecule has 1 fully saturated rings. The zero-order valence-corrected chi connectivity index (χ0v) is 15.4. The fourth-order valence-electron chi connectivity index (χ4n) is 3.14. The molecule has 26 heavy (non-hydrogen) atoms. The van der Waals surface area contributed by atoms with E-state index in [-0.39, 0.29) is 5.91 Å². The van der Waals surface area contributed by atoms with Gasteiger partial charge >= 0.3 is 0 Å². The Hall–Kier alpha value is -2.22. The van der Waals surface area contributed by atoms with Crippen molar-refractivity contribution in [3.63, 3.8) is 0 Å². The Labute approximate surface area is 156 Å². The van der Waals surface area contributed by atoms with Crippen molar-refractivity contribution in [3.8, 4) is 0 Å². The van der Waals surface area contributed by atoms with Crippen molar-refractivity contribution in [2.75, 3.05) is 32.7 Å². The van der Waals surface area contributed by atoms with E-state index >= 15 is 0 Å². The van der Waals surface area contributed by atoms with E-state index in [1.807, 2.05) is 18.2 Å². The summed E-state index contributed by atoms with van der Waals surface area (Å²) in [4.78, 5) is 21.4. The number of carbonyl (C=O) groups excluding carboxylic acids is 1. The van der Waals surface area contributed by atoms with Crippen LogP contribution in [0.25, 0.3) is 10.2 Å². The maximum Gasteiger partial charge on any atom is 0.234 e. The monoisotopic (exact) mass is 370 g/mol. The normalized spacial score (nSPS) is 16.2. The summed E-state index contributed by atoms with van der Waals surface area (Å²) >= 11 is 1.77. The molecule has 0 atom stereocenters. The molecule has 136 valence electrons. The second-order valence-corrected chi connectivity index (χ2v) is 7.60. The number of rotatable bonds is 6. The third-order valence-corrected chi connectivity index (χ3v) is 5.59. The van der Waals surface area contributed by atoms with Gasteiger partial charge < -0.3 is 9.73 Å². The van der Waals surface area contributed by atoms with Crippen LogP contribution in [0.1, 0.15) is 10.8 Å². The summed E-state index contributed by atoms with van der Waals surface area (Å²) in [6.07, 6.45) is 1.62. The van der Waals surface area contributed by atoms with E-state index < -0.39 is 0 Å². The molecule has 0 saturated carbocycles. The van der Waals surface area contributed by atoms with Gasteiger partial charge in [0.05, 0.1) is 36.1 Å². The van der Waals surface area contributed by atoms with Gasteiger partial charge in [0.15, 0.2) is 0 Å². The number of fused-ring (bicyclic) bond motifs is 1. The lowest BCUT2D eigenvalue weighted by Gasteiger charge is -2.33. The molecule has 2 aromatic heterocycles. The maximum absolute atomic E-state index is 12.1. The lowest BCUT2D eigenvalue weighted by molar-refractivity contribution is -0.122. The molecule has 4 rings (SSSR count). The van der Waals surface area contributed by atoms with Crippen LogP contribution in [0.3, 0.4) is 0 Å². The Morgan fingerprint density at radius 1 is 1.12 bits per heavy atom. The van der Waals surface area contributed by atoms with Crippen molar-refractivity contribution in [2.45, 2.75) is 13.1 Å². The van der Waals surface area contributed by atoms with Crippen LogP contribution in [0.4, 0.5) is 0 Å². The van der Waals surface area contributed by atoms with Crippen molar-refractivity contribution in [2.24, 2.45) is 0 Å². The molecular weight excluding hydrogens is 348 g/mol. The first-order valence-corrected chi connectivity index (χ1v) is 9.66. The van der Waals surface area contributed by atoms with Gasteiger partial charge in [0, 0.05) is 26.2 Å². The highest BCUT2D eigenvalue weighted by Gasteiger charge is 2.20. The molecule has 3 aromatic rings. The third kappa shape index (κ3) is 4.30. The Kier molecular flexibility index (Phi) is 5.29. The average Bonchev–Trinajstić information content (AvgIpc) is 3.30. The number of nitrogens with zero attached hydrogens (tertiary/aromatic N) is 3. The van der Waals surface area contributed by atoms with Gasteiger partial charge in [-0.3, -0.25) is 14.6 Å². The minimum atomic E-state index is 0.0426. The highest BCUT2D eigenvalue weighted by atomic mass is 32.1. The summed E-state index contributed by atoms with van der Waals surface area (Å²) in [6.45, 7) is 5.50. The summed E-state index contributed by atoms with van der Waals surface area (Å²) in [5.41, 5.74) is 1.08. The van der Waals surface area contributed by atoms with E-state index in [1.165, 1.54) is 4.70 Å². The van der Waals surface area contributed by atoms with Gasteiger partial charge in [-0.25, -0.2) is 4.98 Å². The fourth-order valence-corrected chi connectivity index (χ4v) is 4.15. The van der Waals surface area contributed by atoms with Gasteiger partial charge in [-0.15, -0.1) is 11.3 Å². The first-order valence-electron chi connectivity index (χ1n) is 8.84. The molecule has 1 saturated heterocycles. The first-order chi connectivity index (χ1) is 12.8. The number of carbonyl (C=O) groups is 1. The molecule has 1 aliphatic heterocycles. The van der Waals surface area contributed by atoms with Gasteiger partial charge in [-0.1, -0.05) is 12.1 Å². The topological polar surface area (TPSA) is 61.6 Å². The molecule has 1 N–H and O–H groups in total. The number of hydrogen-bond donors (Lipinski definition) is 1. The molecule has 7 heteroatoms. The SMILES string of the molecule is O=C(CN1CCN(Cc2nc3ccccc3s2)CC1)NCc1ccco1. The van der Waals surface area contributed by atoms with Crippen molar-refractivity contribution >= 4 is 27.5 Å². The molecule has 0 radical (unpaired) electrons. The second-order valence-electron chi connectivity index (χ2n) is 6.48. The number of nitrogens with one attached hydrogen (secondary N) is 1. The number of para-hydroxylation sites is 1. The fraction of sp³-hybridized carbons (Fsp3) is 0.368. The molecule has 0 unspecified atom stereocenters. The predicted molar refractivity (Wildman–Crippen MR) is 102 cm³/mol. The Balaban J connectivity index is 1.21. The molecule has 0 spiro atoms. The van der Waals surface area contributed by atoms with Gasteiger partial charge in [0.25, 0.3) is 0 Å². The molecule has 0 aliphatic carbocycles. The number of amides is 1. The van der Waals surface area contributed by atoms with Crippen LogP contribution in [0, 0.1) is 0 Å². The maximum atomic E-state index is 12.1. The minimum Gasteiger partial charge on any atom is -0.467 e. The summed E-state index contributed by atoms with van der Waals surface area (Å²) in [6, 6.07) is 12.0. The Morgan fingerprint density at radius 2 is 1.92 bits per heavy atom. The van der Waals surface area contributed by atoms with Crippen molar-refractivity contribution in [1.29, 1.82) is 0 Å². The molecule has 1 amide bonds. The first kappa shape index (κ1) is 17.2. The van der Waals surface area contributed by atoms with Gasteiger partial charge in [0.2, 0.25) is 5.91 Å². The van der Waals surface area contributed by atoms with Gasteiger partial charge in [0.1, 0.15) is 10.8 Å². The van der Waals surface area contributed by atoms with Crippen LogP contribution >= 0.6 is 11.3 Å². The van der Waals surface area contributed by atoms with Crippen LogP contribution in [0.2, 0.25) is 0 Å². The van der Waals surface area contributed by atoms with Gasteiger partial charge in [-0.2, -0.15) is 0 Å². The summed E-state index contributed by atoms with van der Waals surface area (Å²) in [7, 11) is 0. The zero-order valence-electron chi connectivity index (χ0n) is 14.6. The predicted octanol–water partition coefficient (Wildman–Crippen LogP) is 2.32. The minimum absolute atomic E-state index is 0.0426. The largest absolute Gasteiger partial charge is 0.467 e. The number of thiazole rings is 1. The van der Waals surface area contributed by atoms with Crippen LogP contribution in [0.5, 0.6) is 0 Å². The van der Waals surface area contributed by atoms with E-state index in [4.69, 9.17) is 9.40 Å². The van der Waals surface area contributed by atoms with E-state index in [0.29, 0.717) is 13.1 Å².